The Balaban J connectivity index is 1.72. The molecule has 0 N–H and O–H groups in total. The number of ether oxygens (including phenoxy) is 2. The van der Waals surface area contributed by atoms with Gasteiger partial charge >= 0.3 is 0 Å². The van der Waals surface area contributed by atoms with Crippen molar-refractivity contribution in [3.05, 3.63) is 95.3 Å². The number of aryl methyl sites for hydroxylation is 1. The van der Waals surface area contributed by atoms with Crippen molar-refractivity contribution in [2.75, 3.05) is 6.61 Å². The van der Waals surface area contributed by atoms with Crippen molar-refractivity contribution in [3.63, 3.8) is 0 Å². The van der Waals surface area contributed by atoms with Crippen LogP contribution < -0.4 is 15.0 Å². The SMILES string of the molecule is CCOc1cc(C=Nn2c(C)nc3ccc(Br)cc3c2=O)c(Br)c(Br)c1OCc1ccccc1. The van der Waals surface area contributed by atoms with Gasteiger partial charge in [-0.2, -0.15) is 9.78 Å². The fraction of sp³-hybridized carbons (Fsp3) is 0.160. The average Bonchev–Trinajstić information content (AvgIpc) is 2.83. The summed E-state index contributed by atoms with van der Waals surface area (Å²) in [6, 6.07) is 17.1. The summed E-state index contributed by atoms with van der Waals surface area (Å²) >= 11 is 10.6. The minimum absolute atomic E-state index is 0.247. The van der Waals surface area contributed by atoms with Crippen LogP contribution in [0.4, 0.5) is 0 Å². The smallest absolute Gasteiger partial charge is 0.282 e. The highest BCUT2D eigenvalue weighted by Gasteiger charge is 2.17. The van der Waals surface area contributed by atoms with Gasteiger partial charge in [0.2, 0.25) is 0 Å². The number of hydrogen-bond donors (Lipinski definition) is 0. The monoisotopic (exact) mass is 647 g/mol. The molecule has 0 spiro atoms. The molecule has 174 valence electrons. The van der Waals surface area contributed by atoms with Gasteiger partial charge in [0.05, 0.1) is 28.2 Å². The summed E-state index contributed by atoms with van der Waals surface area (Å²) in [5.41, 5.74) is 2.13. The molecule has 3 aromatic carbocycles. The largest absolute Gasteiger partial charge is 0.490 e. The second kappa shape index (κ2) is 10.8. The topological polar surface area (TPSA) is 65.7 Å². The molecule has 0 aliphatic carbocycles. The standard InChI is InChI=1S/C25H20Br3N3O3/c1-3-33-21-11-17(22(27)23(28)24(21)34-14-16-7-5-4-6-8-16)13-29-31-15(2)30-20-10-9-18(26)12-19(20)25(31)32/h4-13H,3,14H2,1-2H3. The molecular weight excluding hydrogens is 630 g/mol. The fourth-order valence-electron chi connectivity index (χ4n) is 3.34. The molecule has 4 aromatic rings. The lowest BCUT2D eigenvalue weighted by atomic mass is 10.2. The fourth-order valence-corrected chi connectivity index (χ4v) is 4.64. The van der Waals surface area contributed by atoms with Gasteiger partial charge in [0, 0.05) is 14.5 Å². The van der Waals surface area contributed by atoms with Crippen molar-refractivity contribution in [2.45, 2.75) is 20.5 Å². The third-order valence-electron chi connectivity index (χ3n) is 4.96. The van der Waals surface area contributed by atoms with Gasteiger partial charge in [-0.3, -0.25) is 4.79 Å². The lowest BCUT2D eigenvalue weighted by Crippen LogP contribution is -2.20. The highest BCUT2D eigenvalue weighted by Crippen LogP contribution is 2.42. The summed E-state index contributed by atoms with van der Waals surface area (Å²) in [6.07, 6.45) is 1.60. The van der Waals surface area contributed by atoms with Crippen LogP contribution in [0.1, 0.15) is 23.9 Å². The van der Waals surface area contributed by atoms with E-state index < -0.39 is 0 Å². The number of benzene rings is 3. The number of aromatic nitrogens is 2. The molecule has 0 atom stereocenters. The van der Waals surface area contributed by atoms with Crippen LogP contribution in [-0.4, -0.2) is 22.5 Å². The first-order chi connectivity index (χ1) is 16.4. The molecule has 0 saturated carbocycles. The van der Waals surface area contributed by atoms with E-state index in [1.165, 1.54) is 4.68 Å². The Bertz CT molecular complexity index is 1440. The minimum Gasteiger partial charge on any atom is -0.490 e. The van der Waals surface area contributed by atoms with E-state index in [0.29, 0.717) is 51.5 Å². The van der Waals surface area contributed by atoms with Crippen LogP contribution >= 0.6 is 47.8 Å². The van der Waals surface area contributed by atoms with Gasteiger partial charge in [-0.05, 0) is 75.5 Å². The number of halogens is 3. The second-order valence-corrected chi connectivity index (χ2v) is 9.81. The first-order valence-electron chi connectivity index (χ1n) is 10.4. The summed E-state index contributed by atoms with van der Waals surface area (Å²) in [5, 5.41) is 4.92. The predicted molar refractivity (Wildman–Crippen MR) is 145 cm³/mol. The third kappa shape index (κ3) is 5.26. The van der Waals surface area contributed by atoms with E-state index in [-0.39, 0.29) is 5.56 Å². The molecule has 0 saturated heterocycles. The van der Waals surface area contributed by atoms with Gasteiger partial charge in [0.25, 0.3) is 5.56 Å². The van der Waals surface area contributed by atoms with E-state index in [9.17, 15) is 4.79 Å². The Morgan fingerprint density at radius 3 is 2.53 bits per heavy atom. The normalized spacial score (nSPS) is 11.3. The number of nitrogens with zero attached hydrogens (tertiary/aromatic N) is 3. The summed E-state index contributed by atoms with van der Waals surface area (Å²) in [7, 11) is 0. The van der Waals surface area contributed by atoms with Gasteiger partial charge in [0.1, 0.15) is 12.4 Å². The molecule has 4 rings (SSSR count). The lowest BCUT2D eigenvalue weighted by molar-refractivity contribution is 0.267. The van der Waals surface area contributed by atoms with E-state index in [2.05, 4.69) is 57.9 Å². The highest BCUT2D eigenvalue weighted by atomic mass is 79.9. The highest BCUT2D eigenvalue weighted by molar-refractivity contribution is 9.13. The zero-order valence-electron chi connectivity index (χ0n) is 18.4. The van der Waals surface area contributed by atoms with Crippen LogP contribution in [0.3, 0.4) is 0 Å². The Morgan fingerprint density at radius 1 is 1.03 bits per heavy atom. The second-order valence-electron chi connectivity index (χ2n) is 7.31. The van der Waals surface area contributed by atoms with Crippen molar-refractivity contribution in [1.82, 2.24) is 9.66 Å². The summed E-state index contributed by atoms with van der Waals surface area (Å²) in [4.78, 5) is 17.5. The van der Waals surface area contributed by atoms with Crippen LogP contribution in [0.2, 0.25) is 0 Å². The molecule has 9 heteroatoms. The van der Waals surface area contributed by atoms with Crippen molar-refractivity contribution in [3.8, 4) is 11.5 Å². The van der Waals surface area contributed by atoms with Crippen molar-refractivity contribution < 1.29 is 9.47 Å². The Morgan fingerprint density at radius 2 is 1.79 bits per heavy atom. The molecule has 0 amide bonds. The number of fused-ring (bicyclic) bond motifs is 1. The summed E-state index contributed by atoms with van der Waals surface area (Å²) in [5.74, 6) is 1.64. The van der Waals surface area contributed by atoms with Crippen molar-refractivity contribution in [1.29, 1.82) is 0 Å². The maximum Gasteiger partial charge on any atom is 0.282 e. The quantitative estimate of drug-likeness (QED) is 0.206. The predicted octanol–water partition coefficient (Wildman–Crippen LogP) is 6.85. The van der Waals surface area contributed by atoms with Gasteiger partial charge in [-0.1, -0.05) is 46.3 Å². The van der Waals surface area contributed by atoms with Crippen LogP contribution in [0, 0.1) is 6.92 Å². The average molecular weight is 650 g/mol. The molecular formula is C25H20Br3N3O3. The van der Waals surface area contributed by atoms with Crippen LogP contribution in [0.15, 0.2) is 77.9 Å². The molecule has 0 aliphatic rings. The van der Waals surface area contributed by atoms with Gasteiger partial charge < -0.3 is 9.47 Å². The Hall–Kier alpha value is -2.49. The van der Waals surface area contributed by atoms with Crippen LogP contribution in [0.5, 0.6) is 11.5 Å². The molecule has 0 bridgehead atoms. The van der Waals surface area contributed by atoms with E-state index >= 15 is 0 Å². The van der Waals surface area contributed by atoms with E-state index in [4.69, 9.17) is 9.47 Å². The Labute approximate surface area is 222 Å². The third-order valence-corrected chi connectivity index (χ3v) is 7.60. The summed E-state index contributed by atoms with van der Waals surface area (Å²) < 4.78 is 15.4. The van der Waals surface area contributed by atoms with Crippen molar-refractivity contribution in [2.24, 2.45) is 5.10 Å². The zero-order valence-corrected chi connectivity index (χ0v) is 23.1. The van der Waals surface area contributed by atoms with Crippen LogP contribution in [0.25, 0.3) is 10.9 Å². The van der Waals surface area contributed by atoms with Crippen LogP contribution in [-0.2, 0) is 6.61 Å². The van der Waals surface area contributed by atoms with E-state index in [0.717, 1.165) is 14.5 Å². The number of hydrogen-bond acceptors (Lipinski definition) is 5. The van der Waals surface area contributed by atoms with E-state index in [1.807, 2.05) is 49.4 Å². The van der Waals surface area contributed by atoms with Gasteiger partial charge in [0.15, 0.2) is 11.5 Å². The van der Waals surface area contributed by atoms with E-state index in [1.54, 1.807) is 25.3 Å². The molecule has 6 nitrogen and oxygen atoms in total. The molecule has 0 aliphatic heterocycles. The van der Waals surface area contributed by atoms with Gasteiger partial charge in [-0.15, -0.1) is 0 Å². The number of rotatable bonds is 7. The molecule has 1 heterocycles. The van der Waals surface area contributed by atoms with Gasteiger partial charge in [-0.25, -0.2) is 4.98 Å². The maximum atomic E-state index is 13.0. The first-order valence-corrected chi connectivity index (χ1v) is 12.8. The zero-order chi connectivity index (χ0) is 24.2. The molecule has 0 fully saturated rings. The lowest BCUT2D eigenvalue weighted by Gasteiger charge is -2.16. The molecule has 34 heavy (non-hydrogen) atoms. The molecule has 1 aromatic heterocycles. The van der Waals surface area contributed by atoms with Crippen molar-refractivity contribution >= 4 is 64.9 Å². The molecule has 0 radical (unpaired) electrons. The minimum atomic E-state index is -0.247. The maximum absolute atomic E-state index is 13.0. The first kappa shape index (κ1) is 24.6. The summed E-state index contributed by atoms with van der Waals surface area (Å²) in [6.45, 7) is 4.52. The Kier molecular flexibility index (Phi) is 7.85. The molecule has 0 unspecified atom stereocenters.